The first-order valence-corrected chi connectivity index (χ1v) is 3.53. The van der Waals surface area contributed by atoms with Crippen molar-refractivity contribution in [2.45, 2.75) is 0 Å². The smallest absolute Gasteiger partial charge is 0.273 e. The molecule has 2 rings (SSSR count). The van der Waals surface area contributed by atoms with Crippen LogP contribution in [0, 0.1) is 0 Å². The SMILES string of the molecule is Cn1ccnc1-n1[nH]ccc1=O. The first-order valence-electron chi connectivity index (χ1n) is 3.53. The van der Waals surface area contributed by atoms with Crippen molar-refractivity contribution in [3.05, 3.63) is 35.0 Å². The zero-order chi connectivity index (χ0) is 8.55. The van der Waals surface area contributed by atoms with Gasteiger partial charge in [0, 0.05) is 31.7 Å². The van der Waals surface area contributed by atoms with Crippen LogP contribution in [0.1, 0.15) is 0 Å². The number of aromatic amines is 1. The van der Waals surface area contributed by atoms with E-state index in [-0.39, 0.29) is 5.56 Å². The molecule has 0 fully saturated rings. The molecule has 12 heavy (non-hydrogen) atoms. The average molecular weight is 164 g/mol. The monoisotopic (exact) mass is 164 g/mol. The van der Waals surface area contributed by atoms with Crippen LogP contribution >= 0.6 is 0 Å². The molecule has 0 unspecified atom stereocenters. The first kappa shape index (κ1) is 6.90. The molecule has 0 saturated heterocycles. The van der Waals surface area contributed by atoms with Crippen LogP contribution in [0.25, 0.3) is 5.95 Å². The predicted molar refractivity (Wildman–Crippen MR) is 43.2 cm³/mol. The Morgan fingerprint density at radius 2 is 2.42 bits per heavy atom. The number of nitrogens with zero attached hydrogens (tertiary/aromatic N) is 3. The highest BCUT2D eigenvalue weighted by molar-refractivity contribution is 5.10. The average Bonchev–Trinajstić information content (AvgIpc) is 2.59. The van der Waals surface area contributed by atoms with Gasteiger partial charge in [0.15, 0.2) is 0 Å². The molecule has 0 spiro atoms. The molecule has 5 nitrogen and oxygen atoms in total. The summed E-state index contributed by atoms with van der Waals surface area (Å²) in [5.41, 5.74) is -0.107. The minimum absolute atomic E-state index is 0.107. The van der Waals surface area contributed by atoms with E-state index in [1.807, 2.05) is 7.05 Å². The zero-order valence-corrected chi connectivity index (χ0v) is 6.56. The number of imidazole rings is 1. The van der Waals surface area contributed by atoms with Crippen molar-refractivity contribution in [3.63, 3.8) is 0 Å². The molecule has 1 N–H and O–H groups in total. The van der Waals surface area contributed by atoms with E-state index in [1.165, 1.54) is 10.7 Å². The van der Waals surface area contributed by atoms with Crippen LogP contribution in [0.5, 0.6) is 0 Å². The highest BCUT2D eigenvalue weighted by Gasteiger charge is 2.03. The second kappa shape index (κ2) is 2.37. The fourth-order valence-electron chi connectivity index (χ4n) is 1.05. The summed E-state index contributed by atoms with van der Waals surface area (Å²) in [4.78, 5) is 15.2. The van der Waals surface area contributed by atoms with Crippen molar-refractivity contribution in [1.82, 2.24) is 19.3 Å². The molecule has 2 heterocycles. The first-order chi connectivity index (χ1) is 5.79. The predicted octanol–water partition coefficient (Wildman–Crippen LogP) is -0.101. The van der Waals surface area contributed by atoms with Crippen molar-refractivity contribution >= 4 is 0 Å². The molecule has 0 radical (unpaired) electrons. The minimum atomic E-state index is -0.107. The maximum Gasteiger partial charge on any atom is 0.273 e. The van der Waals surface area contributed by atoms with Crippen molar-refractivity contribution in [1.29, 1.82) is 0 Å². The number of hydrogen-bond donors (Lipinski definition) is 1. The third kappa shape index (κ3) is 0.868. The molecule has 0 aromatic carbocycles. The summed E-state index contributed by atoms with van der Waals surface area (Å²) in [7, 11) is 1.83. The summed E-state index contributed by atoms with van der Waals surface area (Å²) in [5.74, 6) is 0.588. The second-order valence-electron chi connectivity index (χ2n) is 2.47. The normalized spacial score (nSPS) is 10.4. The maximum absolute atomic E-state index is 11.1. The highest BCUT2D eigenvalue weighted by atomic mass is 16.1. The third-order valence-corrected chi connectivity index (χ3v) is 1.65. The van der Waals surface area contributed by atoms with Gasteiger partial charge in [-0.3, -0.25) is 9.89 Å². The Bertz CT molecular complexity index is 436. The fraction of sp³-hybridized carbons (Fsp3) is 0.143. The Hall–Kier alpha value is -1.78. The lowest BCUT2D eigenvalue weighted by molar-refractivity contribution is 0.732. The second-order valence-corrected chi connectivity index (χ2v) is 2.47. The lowest BCUT2D eigenvalue weighted by Crippen LogP contribution is -2.17. The van der Waals surface area contributed by atoms with Gasteiger partial charge in [-0.05, 0) is 0 Å². The van der Waals surface area contributed by atoms with Gasteiger partial charge in [-0.15, -0.1) is 0 Å². The number of hydrogen-bond acceptors (Lipinski definition) is 2. The maximum atomic E-state index is 11.1. The molecule has 2 aromatic rings. The van der Waals surface area contributed by atoms with Crippen LogP contribution in [-0.2, 0) is 7.05 Å². The van der Waals surface area contributed by atoms with Gasteiger partial charge in [0.05, 0.1) is 0 Å². The number of H-pyrrole nitrogens is 1. The van der Waals surface area contributed by atoms with E-state index < -0.39 is 0 Å². The number of aromatic nitrogens is 4. The van der Waals surface area contributed by atoms with Crippen LogP contribution in [0.4, 0.5) is 0 Å². The van der Waals surface area contributed by atoms with Gasteiger partial charge >= 0.3 is 0 Å². The topological polar surface area (TPSA) is 55.6 Å². The number of nitrogens with one attached hydrogen (secondary N) is 1. The third-order valence-electron chi connectivity index (χ3n) is 1.65. The van der Waals surface area contributed by atoms with E-state index in [1.54, 1.807) is 23.2 Å². The van der Waals surface area contributed by atoms with Crippen LogP contribution in [-0.4, -0.2) is 19.3 Å². The summed E-state index contributed by atoms with van der Waals surface area (Å²) in [5, 5.41) is 2.77. The summed E-state index contributed by atoms with van der Waals surface area (Å²) in [6.07, 6.45) is 5.00. The van der Waals surface area contributed by atoms with Gasteiger partial charge < -0.3 is 4.57 Å². The Morgan fingerprint density at radius 1 is 1.58 bits per heavy atom. The van der Waals surface area contributed by atoms with Crippen LogP contribution in [0.3, 0.4) is 0 Å². The van der Waals surface area contributed by atoms with E-state index in [9.17, 15) is 4.79 Å². The molecule has 0 aliphatic heterocycles. The van der Waals surface area contributed by atoms with Crippen LogP contribution in [0.2, 0.25) is 0 Å². The Labute approximate surface area is 68.3 Å². The minimum Gasteiger partial charge on any atom is -0.319 e. The van der Waals surface area contributed by atoms with Gasteiger partial charge in [-0.2, -0.15) is 4.68 Å². The van der Waals surface area contributed by atoms with Crippen molar-refractivity contribution in [2.24, 2.45) is 7.05 Å². The standard InChI is InChI=1S/C7H8N4O/c1-10-5-4-8-7(10)11-6(12)2-3-9-11/h2-5,9H,1H3. The number of aryl methyl sites for hydroxylation is 1. The molecule has 5 heteroatoms. The van der Waals surface area contributed by atoms with Crippen LogP contribution < -0.4 is 5.56 Å². The lowest BCUT2D eigenvalue weighted by Gasteiger charge is -1.99. The molecule has 0 atom stereocenters. The quantitative estimate of drug-likeness (QED) is 0.639. The van der Waals surface area contributed by atoms with Gasteiger partial charge in [-0.1, -0.05) is 0 Å². The van der Waals surface area contributed by atoms with Gasteiger partial charge in [0.2, 0.25) is 5.95 Å². The van der Waals surface area contributed by atoms with Gasteiger partial charge in [0.25, 0.3) is 5.56 Å². The Morgan fingerprint density at radius 3 is 2.92 bits per heavy atom. The van der Waals surface area contributed by atoms with E-state index >= 15 is 0 Å². The van der Waals surface area contributed by atoms with Crippen LogP contribution in [0.15, 0.2) is 29.5 Å². The number of rotatable bonds is 1. The molecule has 62 valence electrons. The zero-order valence-electron chi connectivity index (χ0n) is 6.56. The highest BCUT2D eigenvalue weighted by Crippen LogP contribution is 1.96. The van der Waals surface area contributed by atoms with E-state index in [0.29, 0.717) is 5.95 Å². The molecule has 2 aromatic heterocycles. The molecule has 0 saturated carbocycles. The van der Waals surface area contributed by atoms with E-state index in [0.717, 1.165) is 0 Å². The fourth-order valence-corrected chi connectivity index (χ4v) is 1.05. The van der Waals surface area contributed by atoms with Crippen molar-refractivity contribution in [2.75, 3.05) is 0 Å². The summed E-state index contributed by atoms with van der Waals surface area (Å²) >= 11 is 0. The van der Waals surface area contributed by atoms with Gasteiger partial charge in [0.1, 0.15) is 0 Å². The molecule has 0 amide bonds. The van der Waals surface area contributed by atoms with Gasteiger partial charge in [-0.25, -0.2) is 4.98 Å². The van der Waals surface area contributed by atoms with Crippen molar-refractivity contribution < 1.29 is 0 Å². The van der Waals surface area contributed by atoms with E-state index in [4.69, 9.17) is 0 Å². The molecule has 0 bridgehead atoms. The molecular weight excluding hydrogens is 156 g/mol. The summed E-state index contributed by atoms with van der Waals surface area (Å²) in [6, 6.07) is 1.45. The molecular formula is C7H8N4O. The molecule has 0 aliphatic carbocycles. The Balaban J connectivity index is 2.65. The lowest BCUT2D eigenvalue weighted by atomic mass is 10.7. The summed E-state index contributed by atoms with van der Waals surface area (Å²) in [6.45, 7) is 0. The van der Waals surface area contributed by atoms with E-state index in [2.05, 4.69) is 10.1 Å². The van der Waals surface area contributed by atoms with Crippen molar-refractivity contribution in [3.8, 4) is 5.95 Å². The largest absolute Gasteiger partial charge is 0.319 e. The molecule has 0 aliphatic rings. The summed E-state index contributed by atoms with van der Waals surface area (Å²) < 4.78 is 3.14. The Kier molecular flexibility index (Phi) is 1.36.